The zero-order valence-corrected chi connectivity index (χ0v) is 9.69. The highest BCUT2D eigenvalue weighted by molar-refractivity contribution is 6.17. The second-order valence-electron chi connectivity index (χ2n) is 3.70. The molecule has 3 aromatic rings. The van der Waals surface area contributed by atoms with Gasteiger partial charge < -0.3 is 4.42 Å². The first kappa shape index (κ1) is 10.3. The quantitative estimate of drug-likeness (QED) is 0.646. The van der Waals surface area contributed by atoms with Crippen molar-refractivity contribution in [1.82, 2.24) is 9.97 Å². The van der Waals surface area contributed by atoms with Crippen LogP contribution >= 0.6 is 11.6 Å². The molecule has 0 saturated heterocycles. The Morgan fingerprint density at radius 2 is 2.18 bits per heavy atom. The van der Waals surface area contributed by atoms with Crippen LogP contribution in [-0.2, 0) is 5.88 Å². The van der Waals surface area contributed by atoms with E-state index in [9.17, 15) is 0 Å². The normalized spacial score (nSPS) is 10.9. The van der Waals surface area contributed by atoms with E-state index >= 15 is 0 Å². The summed E-state index contributed by atoms with van der Waals surface area (Å²) in [4.78, 5) is 8.47. The van der Waals surface area contributed by atoms with Gasteiger partial charge in [0.15, 0.2) is 5.58 Å². The van der Waals surface area contributed by atoms with Crippen LogP contribution in [0.3, 0.4) is 0 Å². The summed E-state index contributed by atoms with van der Waals surface area (Å²) >= 11 is 5.78. The summed E-state index contributed by atoms with van der Waals surface area (Å²) in [6, 6.07) is 9.54. The lowest BCUT2D eigenvalue weighted by Gasteiger charge is -1.91. The van der Waals surface area contributed by atoms with Crippen LogP contribution < -0.4 is 0 Å². The Labute approximate surface area is 103 Å². The first-order valence-corrected chi connectivity index (χ1v) is 5.76. The number of rotatable bonds is 2. The molecule has 0 radical (unpaired) electrons. The van der Waals surface area contributed by atoms with E-state index in [2.05, 4.69) is 9.97 Å². The zero-order chi connectivity index (χ0) is 11.7. The molecular weight excluding hydrogens is 236 g/mol. The number of aromatic nitrogens is 2. The third-order valence-corrected chi connectivity index (χ3v) is 2.82. The van der Waals surface area contributed by atoms with Crippen LogP contribution in [0, 0.1) is 0 Å². The van der Waals surface area contributed by atoms with Crippen molar-refractivity contribution in [2.75, 3.05) is 0 Å². The van der Waals surface area contributed by atoms with Gasteiger partial charge in [-0.05, 0) is 29.8 Å². The molecule has 0 atom stereocenters. The van der Waals surface area contributed by atoms with Gasteiger partial charge in [0.25, 0.3) is 0 Å². The summed E-state index contributed by atoms with van der Waals surface area (Å²) in [5.41, 5.74) is 3.49. The number of oxazole rings is 1. The van der Waals surface area contributed by atoms with Gasteiger partial charge in [0.2, 0.25) is 5.89 Å². The molecule has 1 aromatic carbocycles. The minimum atomic E-state index is 0.477. The van der Waals surface area contributed by atoms with Gasteiger partial charge in [0, 0.05) is 18.3 Å². The van der Waals surface area contributed by atoms with Crippen LogP contribution in [0.1, 0.15) is 5.56 Å². The Morgan fingerprint density at radius 3 is 2.94 bits per heavy atom. The van der Waals surface area contributed by atoms with E-state index in [1.54, 1.807) is 12.4 Å². The topological polar surface area (TPSA) is 38.9 Å². The number of halogens is 1. The summed E-state index contributed by atoms with van der Waals surface area (Å²) in [5, 5.41) is 0. The largest absolute Gasteiger partial charge is 0.436 e. The Hall–Kier alpha value is -1.87. The van der Waals surface area contributed by atoms with Crippen molar-refractivity contribution in [3.8, 4) is 11.5 Å². The van der Waals surface area contributed by atoms with Crippen LogP contribution in [0.2, 0.25) is 0 Å². The summed E-state index contributed by atoms with van der Waals surface area (Å²) in [5.74, 6) is 1.06. The van der Waals surface area contributed by atoms with Crippen molar-refractivity contribution in [2.24, 2.45) is 0 Å². The molecule has 2 heterocycles. The van der Waals surface area contributed by atoms with Gasteiger partial charge in [0.05, 0.1) is 5.56 Å². The van der Waals surface area contributed by atoms with Gasteiger partial charge in [-0.15, -0.1) is 11.6 Å². The fourth-order valence-electron chi connectivity index (χ4n) is 1.67. The van der Waals surface area contributed by atoms with Crippen molar-refractivity contribution >= 4 is 22.7 Å². The molecule has 84 valence electrons. The van der Waals surface area contributed by atoms with Crippen LogP contribution in [-0.4, -0.2) is 9.97 Å². The maximum atomic E-state index is 5.78. The Balaban J connectivity index is 2.14. The highest BCUT2D eigenvalue weighted by atomic mass is 35.5. The van der Waals surface area contributed by atoms with E-state index in [4.69, 9.17) is 16.0 Å². The predicted molar refractivity (Wildman–Crippen MR) is 66.8 cm³/mol. The Morgan fingerprint density at radius 1 is 1.24 bits per heavy atom. The van der Waals surface area contributed by atoms with Gasteiger partial charge in [-0.3, -0.25) is 4.98 Å². The average molecular weight is 245 g/mol. The molecule has 0 saturated carbocycles. The third-order valence-electron chi connectivity index (χ3n) is 2.51. The van der Waals surface area contributed by atoms with E-state index in [-0.39, 0.29) is 0 Å². The van der Waals surface area contributed by atoms with Gasteiger partial charge in [-0.2, -0.15) is 0 Å². The Kier molecular flexibility index (Phi) is 2.53. The van der Waals surface area contributed by atoms with Crippen molar-refractivity contribution in [3.63, 3.8) is 0 Å². The first-order valence-electron chi connectivity index (χ1n) is 5.22. The Bertz CT molecular complexity index is 649. The SMILES string of the molecule is ClCc1ccc2oc(-c3cccnc3)nc2c1. The number of nitrogens with zero attached hydrogens (tertiary/aromatic N) is 2. The molecule has 0 aliphatic rings. The second-order valence-corrected chi connectivity index (χ2v) is 3.96. The standard InChI is InChI=1S/C13H9ClN2O/c14-7-9-3-4-12-11(6-9)16-13(17-12)10-2-1-5-15-8-10/h1-6,8H,7H2. The molecule has 0 aliphatic carbocycles. The average Bonchev–Trinajstić information content (AvgIpc) is 2.82. The molecule has 0 bridgehead atoms. The molecule has 2 aromatic heterocycles. The number of benzene rings is 1. The fourth-order valence-corrected chi connectivity index (χ4v) is 1.84. The zero-order valence-electron chi connectivity index (χ0n) is 8.93. The summed E-state index contributed by atoms with van der Waals surface area (Å²) < 4.78 is 5.66. The monoisotopic (exact) mass is 244 g/mol. The van der Waals surface area contributed by atoms with E-state index in [1.165, 1.54) is 0 Å². The molecule has 3 nitrogen and oxygen atoms in total. The molecular formula is C13H9ClN2O. The maximum Gasteiger partial charge on any atom is 0.228 e. The van der Waals surface area contributed by atoms with Crippen LogP contribution in [0.25, 0.3) is 22.6 Å². The summed E-state index contributed by atoms with van der Waals surface area (Å²) in [6.07, 6.45) is 3.45. The van der Waals surface area contributed by atoms with Gasteiger partial charge in [-0.1, -0.05) is 6.07 Å². The minimum Gasteiger partial charge on any atom is -0.436 e. The van der Waals surface area contributed by atoms with E-state index < -0.39 is 0 Å². The number of pyridine rings is 1. The van der Waals surface area contributed by atoms with Crippen molar-refractivity contribution in [1.29, 1.82) is 0 Å². The third kappa shape index (κ3) is 1.89. The fraction of sp³-hybridized carbons (Fsp3) is 0.0769. The lowest BCUT2D eigenvalue weighted by atomic mass is 10.2. The molecule has 3 rings (SSSR count). The highest BCUT2D eigenvalue weighted by Gasteiger charge is 2.08. The van der Waals surface area contributed by atoms with Crippen LogP contribution in [0.5, 0.6) is 0 Å². The van der Waals surface area contributed by atoms with Gasteiger partial charge in [-0.25, -0.2) is 4.98 Å². The van der Waals surface area contributed by atoms with E-state index in [1.807, 2.05) is 30.3 Å². The summed E-state index contributed by atoms with van der Waals surface area (Å²) in [7, 11) is 0. The van der Waals surface area contributed by atoms with Crippen molar-refractivity contribution < 1.29 is 4.42 Å². The van der Waals surface area contributed by atoms with Gasteiger partial charge >= 0.3 is 0 Å². The minimum absolute atomic E-state index is 0.477. The number of fused-ring (bicyclic) bond motifs is 1. The van der Waals surface area contributed by atoms with Crippen LogP contribution in [0.15, 0.2) is 47.1 Å². The first-order chi connectivity index (χ1) is 8.36. The molecule has 0 aliphatic heterocycles. The molecule has 17 heavy (non-hydrogen) atoms. The lowest BCUT2D eigenvalue weighted by molar-refractivity contribution is 0.619. The number of alkyl halides is 1. The van der Waals surface area contributed by atoms with Gasteiger partial charge in [0.1, 0.15) is 5.52 Å². The smallest absolute Gasteiger partial charge is 0.228 e. The molecule has 0 amide bonds. The number of hydrogen-bond donors (Lipinski definition) is 0. The highest BCUT2D eigenvalue weighted by Crippen LogP contribution is 2.24. The number of hydrogen-bond acceptors (Lipinski definition) is 3. The lowest BCUT2D eigenvalue weighted by Crippen LogP contribution is -1.78. The maximum absolute atomic E-state index is 5.78. The summed E-state index contributed by atoms with van der Waals surface area (Å²) in [6.45, 7) is 0. The predicted octanol–water partition coefficient (Wildman–Crippen LogP) is 3.63. The molecule has 0 unspecified atom stereocenters. The molecule has 0 N–H and O–H groups in total. The second kappa shape index (κ2) is 4.18. The van der Waals surface area contributed by atoms with Crippen molar-refractivity contribution in [2.45, 2.75) is 5.88 Å². The van der Waals surface area contributed by atoms with Crippen LogP contribution in [0.4, 0.5) is 0 Å². The van der Waals surface area contributed by atoms with E-state index in [0.29, 0.717) is 11.8 Å². The van der Waals surface area contributed by atoms with Crippen molar-refractivity contribution in [3.05, 3.63) is 48.3 Å². The molecule has 4 heteroatoms. The molecule has 0 fully saturated rings. The molecule has 0 spiro atoms. The van der Waals surface area contributed by atoms with E-state index in [0.717, 1.165) is 22.2 Å².